The van der Waals surface area contributed by atoms with E-state index in [1.807, 2.05) is 20.8 Å². The first-order valence-electron chi connectivity index (χ1n) is 6.02. The Morgan fingerprint density at radius 2 is 1.60 bits per heavy atom. The van der Waals surface area contributed by atoms with Crippen molar-refractivity contribution in [3.8, 4) is 0 Å². The minimum atomic E-state index is -0.642. The van der Waals surface area contributed by atoms with Gasteiger partial charge in [-0.2, -0.15) is 0 Å². The molecule has 0 radical (unpaired) electrons. The topological polar surface area (TPSA) is 37.8 Å². The van der Waals surface area contributed by atoms with Crippen LogP contribution in [-0.4, -0.2) is 9.97 Å². The number of hydrogen-bond acceptors (Lipinski definition) is 3. The number of halogens is 3. The molecule has 0 aliphatic rings. The van der Waals surface area contributed by atoms with E-state index in [-0.39, 0.29) is 5.41 Å². The molecule has 106 valence electrons. The zero-order valence-corrected chi connectivity index (χ0v) is 12.9. The van der Waals surface area contributed by atoms with Crippen molar-refractivity contribution in [1.82, 2.24) is 9.97 Å². The van der Waals surface area contributed by atoms with Gasteiger partial charge in [0.25, 0.3) is 0 Å². The van der Waals surface area contributed by atoms with Crippen LogP contribution in [-0.2, 0) is 5.41 Å². The van der Waals surface area contributed by atoms with Crippen LogP contribution in [0.25, 0.3) is 0 Å². The maximum atomic E-state index is 13.2. The van der Waals surface area contributed by atoms with E-state index in [0.29, 0.717) is 21.9 Å². The Labute approximate surface area is 124 Å². The second kappa shape index (κ2) is 5.44. The first kappa shape index (κ1) is 14.8. The largest absolute Gasteiger partial charge is 0.340 e. The highest BCUT2D eigenvalue weighted by Crippen LogP contribution is 2.24. The van der Waals surface area contributed by atoms with Crippen molar-refractivity contribution in [1.29, 1.82) is 0 Å². The van der Waals surface area contributed by atoms with Crippen molar-refractivity contribution in [2.24, 2.45) is 0 Å². The average Bonchev–Trinajstić information content (AvgIpc) is 2.25. The second-order valence-electron chi connectivity index (χ2n) is 5.43. The van der Waals surface area contributed by atoms with E-state index in [1.54, 1.807) is 6.07 Å². The maximum absolute atomic E-state index is 13.2. The summed E-state index contributed by atoms with van der Waals surface area (Å²) in [5.41, 5.74) is 0.0703. The van der Waals surface area contributed by atoms with E-state index in [4.69, 9.17) is 0 Å². The molecule has 0 spiro atoms. The highest BCUT2D eigenvalue weighted by molar-refractivity contribution is 9.10. The zero-order valence-electron chi connectivity index (χ0n) is 11.3. The van der Waals surface area contributed by atoms with E-state index < -0.39 is 11.6 Å². The van der Waals surface area contributed by atoms with E-state index in [2.05, 4.69) is 31.2 Å². The first-order chi connectivity index (χ1) is 9.24. The predicted octanol–water partition coefficient (Wildman–Crippen LogP) is 4.56. The van der Waals surface area contributed by atoms with Crippen molar-refractivity contribution < 1.29 is 8.78 Å². The summed E-state index contributed by atoms with van der Waals surface area (Å²) in [5, 5.41) is 2.88. The molecule has 0 aliphatic carbocycles. The molecule has 3 nitrogen and oxygen atoms in total. The number of anilines is 2. The highest BCUT2D eigenvalue weighted by atomic mass is 79.9. The Balaban J connectivity index is 2.36. The molecule has 0 fully saturated rings. The van der Waals surface area contributed by atoms with Gasteiger partial charge in [-0.05, 0) is 28.1 Å². The third kappa shape index (κ3) is 3.72. The smallest absolute Gasteiger partial charge is 0.137 e. The molecule has 2 aromatic rings. The lowest BCUT2D eigenvalue weighted by atomic mass is 9.96. The molecule has 1 aromatic heterocycles. The molecule has 1 N–H and O–H groups in total. The molecule has 1 aromatic carbocycles. The van der Waals surface area contributed by atoms with Crippen LogP contribution in [0, 0.1) is 11.6 Å². The van der Waals surface area contributed by atoms with Gasteiger partial charge in [-0.25, -0.2) is 18.7 Å². The van der Waals surface area contributed by atoms with Gasteiger partial charge in [0.1, 0.15) is 27.9 Å². The molecule has 6 heteroatoms. The number of nitrogens with zero attached hydrogens (tertiary/aromatic N) is 2. The Kier molecular flexibility index (Phi) is 4.04. The van der Waals surface area contributed by atoms with Crippen LogP contribution >= 0.6 is 15.9 Å². The zero-order chi connectivity index (χ0) is 14.9. The van der Waals surface area contributed by atoms with Gasteiger partial charge in [-0.15, -0.1) is 0 Å². The molecule has 0 aliphatic heterocycles. The quantitative estimate of drug-likeness (QED) is 0.813. The number of nitrogens with one attached hydrogen (secondary N) is 1. The summed E-state index contributed by atoms with van der Waals surface area (Å²) in [7, 11) is 0. The normalized spacial score (nSPS) is 11.5. The standard InChI is InChI=1S/C14H14BrF2N3/c1-14(2,3)13-19-11(15)7-12(20-13)18-10-5-8(16)4-9(17)6-10/h4-7H,1-3H3,(H,18,19,20). The SMILES string of the molecule is CC(C)(C)c1nc(Br)cc(Nc2cc(F)cc(F)c2)n1. The summed E-state index contributed by atoms with van der Waals surface area (Å²) in [6, 6.07) is 4.88. The van der Waals surface area contributed by atoms with Gasteiger partial charge in [0.2, 0.25) is 0 Å². The third-order valence-corrected chi connectivity index (χ3v) is 2.91. The average molecular weight is 342 g/mol. The fraction of sp³-hybridized carbons (Fsp3) is 0.286. The maximum Gasteiger partial charge on any atom is 0.137 e. The molecule has 20 heavy (non-hydrogen) atoms. The molecule has 0 saturated carbocycles. The molecule has 0 saturated heterocycles. The van der Waals surface area contributed by atoms with Gasteiger partial charge in [0.05, 0.1) is 0 Å². The Morgan fingerprint density at radius 3 is 2.15 bits per heavy atom. The van der Waals surface area contributed by atoms with Crippen LogP contribution in [0.3, 0.4) is 0 Å². The lowest BCUT2D eigenvalue weighted by molar-refractivity contribution is 0.544. The van der Waals surface area contributed by atoms with Gasteiger partial charge in [0.15, 0.2) is 0 Å². The third-order valence-electron chi connectivity index (χ3n) is 2.50. The van der Waals surface area contributed by atoms with Crippen molar-refractivity contribution in [2.45, 2.75) is 26.2 Å². The molecule has 0 unspecified atom stereocenters. The van der Waals surface area contributed by atoms with Gasteiger partial charge in [0, 0.05) is 23.2 Å². The summed E-state index contributed by atoms with van der Waals surface area (Å²) in [4.78, 5) is 8.66. The molecule has 1 heterocycles. The van der Waals surface area contributed by atoms with Crippen LogP contribution < -0.4 is 5.32 Å². The van der Waals surface area contributed by atoms with Crippen molar-refractivity contribution >= 4 is 27.4 Å². The van der Waals surface area contributed by atoms with E-state index in [9.17, 15) is 8.78 Å². The predicted molar refractivity (Wildman–Crippen MR) is 78.1 cm³/mol. The van der Waals surface area contributed by atoms with Gasteiger partial charge in [-0.3, -0.25) is 0 Å². The summed E-state index contributed by atoms with van der Waals surface area (Å²) in [6.07, 6.45) is 0. The molecule has 0 atom stereocenters. The Bertz CT molecular complexity index is 619. The fourth-order valence-corrected chi connectivity index (χ4v) is 1.98. The van der Waals surface area contributed by atoms with E-state index in [1.165, 1.54) is 12.1 Å². The molecule has 0 bridgehead atoms. The monoisotopic (exact) mass is 341 g/mol. The number of hydrogen-bond donors (Lipinski definition) is 1. The van der Waals surface area contributed by atoms with Crippen LogP contribution in [0.4, 0.5) is 20.3 Å². The summed E-state index contributed by atoms with van der Waals surface area (Å²) in [6.45, 7) is 5.96. The number of rotatable bonds is 2. The van der Waals surface area contributed by atoms with Crippen molar-refractivity contribution in [3.63, 3.8) is 0 Å². The van der Waals surface area contributed by atoms with Crippen LogP contribution in [0.5, 0.6) is 0 Å². The lowest BCUT2D eigenvalue weighted by Gasteiger charge is -2.18. The number of aromatic nitrogens is 2. The molecule has 0 amide bonds. The number of benzene rings is 1. The molecular weight excluding hydrogens is 328 g/mol. The minimum absolute atomic E-state index is 0.229. The lowest BCUT2D eigenvalue weighted by Crippen LogP contribution is -2.16. The summed E-state index contributed by atoms with van der Waals surface area (Å²) >= 11 is 3.31. The van der Waals surface area contributed by atoms with Gasteiger partial charge < -0.3 is 5.32 Å². The van der Waals surface area contributed by atoms with Crippen molar-refractivity contribution in [2.75, 3.05) is 5.32 Å². The highest BCUT2D eigenvalue weighted by Gasteiger charge is 2.18. The van der Waals surface area contributed by atoms with Crippen LogP contribution in [0.15, 0.2) is 28.9 Å². The van der Waals surface area contributed by atoms with Crippen molar-refractivity contribution in [3.05, 3.63) is 46.3 Å². The Hall–Kier alpha value is -1.56. The van der Waals surface area contributed by atoms with E-state index in [0.717, 1.165) is 6.07 Å². The Morgan fingerprint density at radius 1 is 1.00 bits per heavy atom. The van der Waals surface area contributed by atoms with Gasteiger partial charge in [-0.1, -0.05) is 20.8 Å². The fourth-order valence-electron chi connectivity index (χ4n) is 1.59. The molecule has 2 rings (SSSR count). The van der Waals surface area contributed by atoms with Crippen LogP contribution in [0.2, 0.25) is 0 Å². The second-order valence-corrected chi connectivity index (χ2v) is 6.25. The first-order valence-corrected chi connectivity index (χ1v) is 6.81. The summed E-state index contributed by atoms with van der Waals surface area (Å²) in [5.74, 6) is -0.179. The summed E-state index contributed by atoms with van der Waals surface area (Å²) < 4.78 is 26.9. The molecular formula is C14H14BrF2N3. The van der Waals surface area contributed by atoms with Gasteiger partial charge >= 0.3 is 0 Å². The van der Waals surface area contributed by atoms with E-state index >= 15 is 0 Å². The van der Waals surface area contributed by atoms with Crippen LogP contribution in [0.1, 0.15) is 26.6 Å². The minimum Gasteiger partial charge on any atom is -0.340 e.